The van der Waals surface area contributed by atoms with Gasteiger partial charge in [-0.25, -0.2) is 4.68 Å². The van der Waals surface area contributed by atoms with E-state index in [4.69, 9.17) is 9.15 Å². The average molecular weight is 290 g/mol. The molecule has 0 bridgehead atoms. The lowest BCUT2D eigenvalue weighted by molar-refractivity contribution is 0.0934. The fraction of sp³-hybridized carbons (Fsp3) is 0.600. The minimum atomic E-state index is 0.396. The Kier molecular flexibility index (Phi) is 4.36. The van der Waals surface area contributed by atoms with E-state index in [2.05, 4.69) is 22.6 Å². The number of aryl methyl sites for hydroxylation is 2. The first-order chi connectivity index (χ1) is 10.3. The Hall–Kier alpha value is -1.66. The van der Waals surface area contributed by atoms with Gasteiger partial charge in [-0.15, -0.1) is 5.10 Å². The SMILES string of the molecule is CCc1ccc(CNCC2COCc3c(C)nnn3C2)o1. The van der Waals surface area contributed by atoms with E-state index in [1.165, 1.54) is 0 Å². The highest BCUT2D eigenvalue weighted by Crippen LogP contribution is 2.14. The fourth-order valence-electron chi connectivity index (χ4n) is 2.60. The highest BCUT2D eigenvalue weighted by molar-refractivity contribution is 5.08. The molecule has 0 aromatic carbocycles. The maximum absolute atomic E-state index is 5.73. The van der Waals surface area contributed by atoms with Crippen LogP contribution in [0, 0.1) is 12.8 Å². The Morgan fingerprint density at radius 1 is 1.38 bits per heavy atom. The Labute approximate surface area is 124 Å². The molecular formula is C15H22N4O2. The van der Waals surface area contributed by atoms with Crippen LogP contribution in [0.2, 0.25) is 0 Å². The number of aromatic nitrogens is 3. The van der Waals surface area contributed by atoms with Crippen LogP contribution in [0.3, 0.4) is 0 Å². The van der Waals surface area contributed by atoms with Crippen LogP contribution in [0.4, 0.5) is 0 Å². The number of fused-ring (bicyclic) bond motifs is 1. The number of ether oxygens (including phenoxy) is 1. The summed E-state index contributed by atoms with van der Waals surface area (Å²) in [5, 5.41) is 11.7. The zero-order chi connectivity index (χ0) is 14.7. The second-order valence-electron chi connectivity index (χ2n) is 5.54. The molecule has 114 valence electrons. The third kappa shape index (κ3) is 3.33. The van der Waals surface area contributed by atoms with Crippen molar-refractivity contribution < 1.29 is 9.15 Å². The van der Waals surface area contributed by atoms with Crippen molar-refractivity contribution >= 4 is 0 Å². The lowest BCUT2D eigenvalue weighted by Crippen LogP contribution is -2.28. The molecule has 2 aromatic rings. The Balaban J connectivity index is 1.51. The van der Waals surface area contributed by atoms with Gasteiger partial charge < -0.3 is 14.5 Å². The second-order valence-corrected chi connectivity index (χ2v) is 5.54. The summed E-state index contributed by atoms with van der Waals surface area (Å²) >= 11 is 0. The minimum absolute atomic E-state index is 0.396. The largest absolute Gasteiger partial charge is 0.465 e. The third-order valence-corrected chi connectivity index (χ3v) is 3.85. The van der Waals surface area contributed by atoms with Crippen molar-refractivity contribution in [1.29, 1.82) is 0 Å². The monoisotopic (exact) mass is 290 g/mol. The van der Waals surface area contributed by atoms with Crippen LogP contribution < -0.4 is 5.32 Å². The summed E-state index contributed by atoms with van der Waals surface area (Å²) in [7, 11) is 0. The quantitative estimate of drug-likeness (QED) is 0.907. The number of furan rings is 1. The van der Waals surface area contributed by atoms with Gasteiger partial charge in [0.25, 0.3) is 0 Å². The highest BCUT2D eigenvalue weighted by atomic mass is 16.5. The number of rotatable bonds is 5. The molecule has 0 fully saturated rings. The summed E-state index contributed by atoms with van der Waals surface area (Å²) in [5.41, 5.74) is 2.06. The van der Waals surface area contributed by atoms with Crippen LogP contribution in [0.5, 0.6) is 0 Å². The van der Waals surface area contributed by atoms with Gasteiger partial charge in [0.15, 0.2) is 0 Å². The van der Waals surface area contributed by atoms with E-state index in [1.807, 2.05) is 23.7 Å². The maximum Gasteiger partial charge on any atom is 0.117 e. The summed E-state index contributed by atoms with van der Waals surface area (Å²) < 4.78 is 13.4. The molecule has 6 nitrogen and oxygen atoms in total. The molecule has 1 aliphatic rings. The van der Waals surface area contributed by atoms with Crippen LogP contribution in [-0.2, 0) is 30.9 Å². The normalized spacial score (nSPS) is 18.5. The molecule has 3 rings (SSSR count). The Morgan fingerprint density at radius 3 is 3.05 bits per heavy atom. The molecule has 0 spiro atoms. The fourth-order valence-corrected chi connectivity index (χ4v) is 2.60. The molecule has 0 radical (unpaired) electrons. The van der Waals surface area contributed by atoms with Crippen LogP contribution >= 0.6 is 0 Å². The molecule has 0 saturated carbocycles. The van der Waals surface area contributed by atoms with Crippen molar-refractivity contribution in [2.75, 3.05) is 13.2 Å². The number of hydrogen-bond donors (Lipinski definition) is 1. The molecular weight excluding hydrogens is 268 g/mol. The second kappa shape index (κ2) is 6.41. The molecule has 0 amide bonds. The first-order valence-corrected chi connectivity index (χ1v) is 7.51. The van der Waals surface area contributed by atoms with Gasteiger partial charge in [0.2, 0.25) is 0 Å². The predicted octanol–water partition coefficient (Wildman–Crippen LogP) is 1.68. The van der Waals surface area contributed by atoms with Crippen molar-refractivity contribution in [1.82, 2.24) is 20.3 Å². The topological polar surface area (TPSA) is 65.1 Å². The van der Waals surface area contributed by atoms with Gasteiger partial charge in [0.1, 0.15) is 11.5 Å². The number of hydrogen-bond acceptors (Lipinski definition) is 5. The Morgan fingerprint density at radius 2 is 2.24 bits per heavy atom. The summed E-state index contributed by atoms with van der Waals surface area (Å²) in [6, 6.07) is 4.07. The summed E-state index contributed by atoms with van der Waals surface area (Å²) in [4.78, 5) is 0. The zero-order valence-electron chi connectivity index (χ0n) is 12.6. The van der Waals surface area contributed by atoms with Crippen molar-refractivity contribution in [2.24, 2.45) is 5.92 Å². The third-order valence-electron chi connectivity index (χ3n) is 3.85. The zero-order valence-corrected chi connectivity index (χ0v) is 12.6. The van der Waals surface area contributed by atoms with E-state index in [0.717, 1.165) is 55.6 Å². The minimum Gasteiger partial charge on any atom is -0.465 e. The summed E-state index contributed by atoms with van der Waals surface area (Å²) in [6.07, 6.45) is 0.935. The molecule has 1 atom stereocenters. The number of nitrogens with zero attached hydrogens (tertiary/aromatic N) is 3. The molecule has 1 N–H and O–H groups in total. The van der Waals surface area contributed by atoms with E-state index >= 15 is 0 Å². The van der Waals surface area contributed by atoms with Crippen molar-refractivity contribution in [3.8, 4) is 0 Å². The summed E-state index contributed by atoms with van der Waals surface area (Å²) in [6.45, 7) is 7.89. The van der Waals surface area contributed by atoms with Gasteiger partial charge in [0.05, 0.1) is 31.1 Å². The van der Waals surface area contributed by atoms with E-state index in [1.54, 1.807) is 0 Å². The van der Waals surface area contributed by atoms with E-state index in [-0.39, 0.29) is 0 Å². The number of nitrogens with one attached hydrogen (secondary N) is 1. The van der Waals surface area contributed by atoms with Crippen LogP contribution in [0.25, 0.3) is 0 Å². The lowest BCUT2D eigenvalue weighted by Gasteiger charge is -2.14. The molecule has 0 saturated heterocycles. The average Bonchev–Trinajstić information content (AvgIpc) is 3.01. The molecule has 6 heteroatoms. The predicted molar refractivity (Wildman–Crippen MR) is 77.7 cm³/mol. The first-order valence-electron chi connectivity index (χ1n) is 7.51. The smallest absolute Gasteiger partial charge is 0.117 e. The molecule has 1 unspecified atom stereocenters. The van der Waals surface area contributed by atoms with Gasteiger partial charge in [-0.1, -0.05) is 12.1 Å². The highest BCUT2D eigenvalue weighted by Gasteiger charge is 2.19. The van der Waals surface area contributed by atoms with Crippen LogP contribution in [0.15, 0.2) is 16.5 Å². The Bertz CT molecular complexity index is 590. The molecule has 1 aliphatic heterocycles. The molecule has 0 aliphatic carbocycles. The van der Waals surface area contributed by atoms with Crippen molar-refractivity contribution in [2.45, 2.75) is 40.0 Å². The van der Waals surface area contributed by atoms with E-state index in [0.29, 0.717) is 12.5 Å². The standard InChI is InChI=1S/C15H22N4O2/c1-3-13-4-5-14(21-13)7-16-6-12-8-19-15(10-20-9-12)11(2)17-18-19/h4-5,12,16H,3,6-10H2,1-2H3. The van der Waals surface area contributed by atoms with Crippen LogP contribution in [-0.4, -0.2) is 28.1 Å². The van der Waals surface area contributed by atoms with Gasteiger partial charge in [-0.3, -0.25) is 0 Å². The first kappa shape index (κ1) is 14.3. The van der Waals surface area contributed by atoms with Gasteiger partial charge in [-0.05, 0) is 19.1 Å². The maximum atomic E-state index is 5.73. The van der Waals surface area contributed by atoms with E-state index in [9.17, 15) is 0 Å². The molecule has 3 heterocycles. The van der Waals surface area contributed by atoms with Gasteiger partial charge in [0, 0.05) is 25.4 Å². The lowest BCUT2D eigenvalue weighted by atomic mass is 10.1. The molecule has 21 heavy (non-hydrogen) atoms. The van der Waals surface area contributed by atoms with Gasteiger partial charge in [-0.2, -0.15) is 0 Å². The summed E-state index contributed by atoms with van der Waals surface area (Å²) in [5.74, 6) is 2.42. The van der Waals surface area contributed by atoms with Crippen molar-refractivity contribution in [3.05, 3.63) is 35.0 Å². The van der Waals surface area contributed by atoms with Crippen molar-refractivity contribution in [3.63, 3.8) is 0 Å². The molecule has 2 aromatic heterocycles. The van der Waals surface area contributed by atoms with Gasteiger partial charge >= 0.3 is 0 Å². The van der Waals surface area contributed by atoms with E-state index < -0.39 is 0 Å². The van der Waals surface area contributed by atoms with Crippen LogP contribution in [0.1, 0.15) is 29.8 Å².